The molecule has 0 unspecified atom stereocenters. The molecule has 5 nitrogen and oxygen atoms in total. The van der Waals surface area contributed by atoms with Crippen molar-refractivity contribution in [1.29, 1.82) is 0 Å². The summed E-state index contributed by atoms with van der Waals surface area (Å²) in [7, 11) is 0. The molecule has 0 bridgehead atoms. The fraction of sp³-hybridized carbons (Fsp3) is 0.933. The topological polar surface area (TPSA) is 73.9 Å². The van der Waals surface area contributed by atoms with Crippen LogP contribution in [0, 0.1) is 5.41 Å². The minimum atomic E-state index is -0.213. The Morgan fingerprint density at radius 3 is 2.45 bits per heavy atom. The lowest BCUT2D eigenvalue weighted by Crippen LogP contribution is -2.33. The summed E-state index contributed by atoms with van der Waals surface area (Å²) in [5, 5.41) is 15.3. The second-order valence-corrected chi connectivity index (χ2v) is 6.01. The first-order valence-corrected chi connectivity index (χ1v) is 7.89. The largest absolute Gasteiger partial charge is 0.409 e. The zero-order valence-corrected chi connectivity index (χ0v) is 13.8. The Labute approximate surface area is 124 Å². The summed E-state index contributed by atoms with van der Waals surface area (Å²) in [6.45, 7) is 14.0. The second-order valence-electron chi connectivity index (χ2n) is 6.01. The maximum Gasteiger partial charge on any atom is 0.144 e. The van der Waals surface area contributed by atoms with E-state index in [9.17, 15) is 0 Å². The number of nitrogens with zero attached hydrogens (tertiary/aromatic N) is 2. The van der Waals surface area contributed by atoms with Crippen molar-refractivity contribution in [2.45, 2.75) is 53.4 Å². The molecule has 0 radical (unpaired) electrons. The summed E-state index contributed by atoms with van der Waals surface area (Å²) >= 11 is 0. The van der Waals surface area contributed by atoms with E-state index >= 15 is 0 Å². The summed E-state index contributed by atoms with van der Waals surface area (Å²) < 4.78 is 0. The Bertz CT molecular complexity index is 267. The van der Waals surface area contributed by atoms with Crippen molar-refractivity contribution in [2.24, 2.45) is 16.3 Å². The monoisotopic (exact) mass is 286 g/mol. The van der Waals surface area contributed by atoms with Crippen LogP contribution in [-0.2, 0) is 0 Å². The van der Waals surface area contributed by atoms with Crippen molar-refractivity contribution < 1.29 is 5.21 Å². The van der Waals surface area contributed by atoms with Gasteiger partial charge in [0.15, 0.2) is 0 Å². The van der Waals surface area contributed by atoms with Crippen molar-refractivity contribution in [1.82, 2.24) is 10.2 Å². The predicted molar refractivity (Wildman–Crippen MR) is 86.3 cm³/mol. The second kappa shape index (κ2) is 10.9. The first-order chi connectivity index (χ1) is 9.47. The zero-order valence-electron chi connectivity index (χ0n) is 13.8. The van der Waals surface area contributed by atoms with Gasteiger partial charge in [-0.1, -0.05) is 39.3 Å². The highest BCUT2D eigenvalue weighted by atomic mass is 16.4. The van der Waals surface area contributed by atoms with Gasteiger partial charge in [0.1, 0.15) is 5.84 Å². The van der Waals surface area contributed by atoms with Crippen molar-refractivity contribution in [3.8, 4) is 0 Å². The lowest BCUT2D eigenvalue weighted by Gasteiger charge is -2.22. The van der Waals surface area contributed by atoms with Crippen LogP contribution in [0.4, 0.5) is 0 Å². The number of unbranched alkanes of at least 4 members (excludes halogenated alkanes) is 1. The molecule has 0 heterocycles. The van der Waals surface area contributed by atoms with Gasteiger partial charge in [-0.3, -0.25) is 0 Å². The van der Waals surface area contributed by atoms with Crippen LogP contribution in [0.1, 0.15) is 53.4 Å². The molecule has 0 rings (SSSR count). The van der Waals surface area contributed by atoms with Gasteiger partial charge in [0.25, 0.3) is 0 Å². The fourth-order valence-corrected chi connectivity index (χ4v) is 2.19. The lowest BCUT2D eigenvalue weighted by molar-refractivity contribution is 0.287. The number of nitrogens with two attached hydrogens (primary N) is 1. The van der Waals surface area contributed by atoms with Crippen LogP contribution in [0.3, 0.4) is 0 Å². The highest BCUT2D eigenvalue weighted by Crippen LogP contribution is 2.22. The van der Waals surface area contributed by atoms with E-state index in [1.54, 1.807) is 0 Å². The van der Waals surface area contributed by atoms with E-state index in [0.717, 1.165) is 45.4 Å². The molecule has 120 valence electrons. The molecule has 0 aliphatic rings. The highest BCUT2D eigenvalue weighted by molar-refractivity contribution is 5.85. The van der Waals surface area contributed by atoms with Crippen LogP contribution >= 0.6 is 0 Å². The molecule has 0 aromatic rings. The van der Waals surface area contributed by atoms with Gasteiger partial charge >= 0.3 is 0 Å². The third kappa shape index (κ3) is 8.38. The predicted octanol–water partition coefficient (Wildman–Crippen LogP) is 2.25. The molecular weight excluding hydrogens is 252 g/mol. The minimum absolute atomic E-state index is 0.213. The van der Waals surface area contributed by atoms with Gasteiger partial charge in [0, 0.05) is 18.5 Å². The first-order valence-electron chi connectivity index (χ1n) is 7.89. The molecule has 0 aromatic carbocycles. The number of rotatable bonds is 12. The van der Waals surface area contributed by atoms with Crippen LogP contribution in [-0.4, -0.2) is 48.7 Å². The van der Waals surface area contributed by atoms with Crippen molar-refractivity contribution in [2.75, 3.05) is 32.7 Å². The van der Waals surface area contributed by atoms with Gasteiger partial charge in [-0.25, -0.2) is 0 Å². The average molecular weight is 286 g/mol. The molecule has 5 heteroatoms. The number of hydrogen-bond donors (Lipinski definition) is 3. The van der Waals surface area contributed by atoms with Gasteiger partial charge in [-0.05, 0) is 38.9 Å². The van der Waals surface area contributed by atoms with Crippen molar-refractivity contribution >= 4 is 5.84 Å². The molecule has 0 fully saturated rings. The highest BCUT2D eigenvalue weighted by Gasteiger charge is 2.22. The molecule has 0 aromatic heterocycles. The summed E-state index contributed by atoms with van der Waals surface area (Å²) in [6, 6.07) is 0. The van der Waals surface area contributed by atoms with E-state index in [0.29, 0.717) is 5.84 Å². The van der Waals surface area contributed by atoms with Gasteiger partial charge in [-0.15, -0.1) is 0 Å². The summed E-state index contributed by atoms with van der Waals surface area (Å²) in [5.41, 5.74) is 5.46. The molecule has 0 atom stereocenters. The Balaban J connectivity index is 3.58. The normalized spacial score (nSPS) is 13.2. The number of likely N-dealkylation sites (N-methyl/N-ethyl adjacent to an activating group) is 1. The zero-order chi connectivity index (χ0) is 15.4. The number of hydrogen-bond acceptors (Lipinski definition) is 4. The maximum atomic E-state index is 8.71. The third-order valence-corrected chi connectivity index (χ3v) is 3.80. The third-order valence-electron chi connectivity index (χ3n) is 3.80. The van der Waals surface area contributed by atoms with Crippen molar-refractivity contribution in [3.05, 3.63) is 0 Å². The standard InChI is InChI=1S/C15H34N4O/c1-5-12-19(6-2)13-11-17-10-8-7-9-15(3,4)14(16)18-20/h17,20H,5-13H2,1-4H3,(H2,16,18). The van der Waals surface area contributed by atoms with Gasteiger partial charge in [0.2, 0.25) is 0 Å². The average Bonchev–Trinajstić information content (AvgIpc) is 2.43. The van der Waals surface area contributed by atoms with Crippen LogP contribution in [0.5, 0.6) is 0 Å². The van der Waals surface area contributed by atoms with E-state index in [2.05, 4.69) is 29.2 Å². The van der Waals surface area contributed by atoms with E-state index in [1.165, 1.54) is 13.0 Å². The summed E-state index contributed by atoms with van der Waals surface area (Å²) in [6.07, 6.45) is 4.38. The van der Waals surface area contributed by atoms with Gasteiger partial charge < -0.3 is 21.2 Å². The quantitative estimate of drug-likeness (QED) is 0.169. The van der Waals surface area contributed by atoms with Crippen molar-refractivity contribution in [3.63, 3.8) is 0 Å². The molecule has 0 aliphatic heterocycles. The van der Waals surface area contributed by atoms with E-state index in [4.69, 9.17) is 10.9 Å². The summed E-state index contributed by atoms with van der Waals surface area (Å²) in [5.74, 6) is 0.323. The lowest BCUT2D eigenvalue weighted by atomic mass is 9.86. The smallest absolute Gasteiger partial charge is 0.144 e. The maximum absolute atomic E-state index is 8.71. The Morgan fingerprint density at radius 2 is 1.90 bits per heavy atom. The van der Waals surface area contributed by atoms with Gasteiger partial charge in [-0.2, -0.15) is 0 Å². The van der Waals surface area contributed by atoms with Crippen LogP contribution in [0.15, 0.2) is 5.16 Å². The number of nitrogens with one attached hydrogen (secondary N) is 1. The Hall–Kier alpha value is -0.810. The number of amidine groups is 1. The summed E-state index contributed by atoms with van der Waals surface area (Å²) in [4.78, 5) is 2.47. The molecule has 0 saturated carbocycles. The number of oxime groups is 1. The van der Waals surface area contributed by atoms with E-state index < -0.39 is 0 Å². The minimum Gasteiger partial charge on any atom is -0.409 e. The fourth-order valence-electron chi connectivity index (χ4n) is 2.19. The van der Waals surface area contributed by atoms with Crippen LogP contribution < -0.4 is 11.1 Å². The molecule has 4 N–H and O–H groups in total. The molecule has 0 amide bonds. The SMILES string of the molecule is CCCN(CC)CCNCCCCC(C)(C)C(N)=NO. The van der Waals surface area contributed by atoms with E-state index in [-0.39, 0.29) is 5.41 Å². The first kappa shape index (κ1) is 19.2. The Morgan fingerprint density at radius 1 is 1.20 bits per heavy atom. The molecule has 0 aliphatic carbocycles. The molecular formula is C15H34N4O. The van der Waals surface area contributed by atoms with E-state index in [1.807, 2.05) is 13.8 Å². The molecule has 0 spiro atoms. The molecule has 0 saturated heterocycles. The van der Waals surface area contributed by atoms with Crippen LogP contribution in [0.2, 0.25) is 0 Å². The molecule has 20 heavy (non-hydrogen) atoms. The Kier molecular flexibility index (Phi) is 10.5. The van der Waals surface area contributed by atoms with Crippen LogP contribution in [0.25, 0.3) is 0 Å². The van der Waals surface area contributed by atoms with Gasteiger partial charge in [0.05, 0.1) is 0 Å².